The number of methoxy groups -OCH3 is 1. The highest BCUT2D eigenvalue weighted by atomic mass is 79.9. The highest BCUT2D eigenvalue weighted by Gasteiger charge is 2.11. The topological polar surface area (TPSA) is 38.3 Å². The highest BCUT2D eigenvalue weighted by Crippen LogP contribution is 2.23. The van der Waals surface area contributed by atoms with Crippen LogP contribution < -0.4 is 10.1 Å². The van der Waals surface area contributed by atoms with Gasteiger partial charge in [-0.05, 0) is 53.2 Å². The van der Waals surface area contributed by atoms with Crippen LogP contribution in [-0.4, -0.2) is 13.0 Å². The zero-order valence-corrected chi connectivity index (χ0v) is 12.3. The molecule has 0 aliphatic rings. The maximum Gasteiger partial charge on any atom is 0.256 e. The number of amides is 1. The third-order valence-corrected chi connectivity index (χ3v) is 3.42. The summed E-state index contributed by atoms with van der Waals surface area (Å²) in [4.78, 5) is 12.2. The van der Waals surface area contributed by atoms with Crippen molar-refractivity contribution < 1.29 is 9.53 Å². The van der Waals surface area contributed by atoms with Crippen molar-refractivity contribution in [2.45, 2.75) is 6.92 Å². The first-order valence-electron chi connectivity index (χ1n) is 5.81. The van der Waals surface area contributed by atoms with Crippen molar-refractivity contribution in [1.82, 2.24) is 0 Å². The molecule has 0 aromatic heterocycles. The highest BCUT2D eigenvalue weighted by molar-refractivity contribution is 9.10. The molecule has 98 valence electrons. The van der Waals surface area contributed by atoms with Gasteiger partial charge in [0.1, 0.15) is 5.75 Å². The van der Waals surface area contributed by atoms with Gasteiger partial charge < -0.3 is 10.1 Å². The SMILES string of the molecule is COc1ccc(Br)c(C(=O)Nc2ccc(C)cc2)c1. The molecule has 0 aliphatic heterocycles. The molecule has 0 bridgehead atoms. The van der Waals surface area contributed by atoms with Crippen LogP contribution in [0.25, 0.3) is 0 Å². The first-order valence-corrected chi connectivity index (χ1v) is 6.61. The number of anilines is 1. The van der Waals surface area contributed by atoms with Crippen LogP contribution in [0.3, 0.4) is 0 Å². The van der Waals surface area contributed by atoms with Gasteiger partial charge in [-0.15, -0.1) is 0 Å². The first-order chi connectivity index (χ1) is 9.10. The number of hydrogen-bond acceptors (Lipinski definition) is 2. The monoisotopic (exact) mass is 319 g/mol. The van der Waals surface area contributed by atoms with Gasteiger partial charge in [-0.3, -0.25) is 4.79 Å². The van der Waals surface area contributed by atoms with E-state index in [1.165, 1.54) is 0 Å². The molecule has 19 heavy (non-hydrogen) atoms. The number of halogens is 1. The van der Waals surface area contributed by atoms with E-state index in [1.807, 2.05) is 31.2 Å². The van der Waals surface area contributed by atoms with Crippen LogP contribution in [0.4, 0.5) is 5.69 Å². The average Bonchev–Trinajstić information content (AvgIpc) is 2.42. The van der Waals surface area contributed by atoms with Crippen LogP contribution in [0.1, 0.15) is 15.9 Å². The number of hydrogen-bond donors (Lipinski definition) is 1. The van der Waals surface area contributed by atoms with E-state index in [2.05, 4.69) is 21.2 Å². The summed E-state index contributed by atoms with van der Waals surface area (Å²) >= 11 is 3.37. The van der Waals surface area contributed by atoms with E-state index in [0.717, 1.165) is 15.7 Å². The molecule has 0 saturated heterocycles. The minimum absolute atomic E-state index is 0.172. The summed E-state index contributed by atoms with van der Waals surface area (Å²) < 4.78 is 5.86. The fourth-order valence-electron chi connectivity index (χ4n) is 1.64. The van der Waals surface area contributed by atoms with Crippen LogP contribution in [0.15, 0.2) is 46.9 Å². The van der Waals surface area contributed by atoms with Gasteiger partial charge in [0.25, 0.3) is 5.91 Å². The van der Waals surface area contributed by atoms with E-state index in [1.54, 1.807) is 25.3 Å². The normalized spacial score (nSPS) is 10.1. The number of benzene rings is 2. The van der Waals surface area contributed by atoms with Gasteiger partial charge in [-0.2, -0.15) is 0 Å². The Bertz CT molecular complexity index is 594. The minimum atomic E-state index is -0.172. The Morgan fingerprint density at radius 1 is 1.16 bits per heavy atom. The van der Waals surface area contributed by atoms with Crippen molar-refractivity contribution in [3.8, 4) is 5.75 Å². The maximum atomic E-state index is 12.2. The lowest BCUT2D eigenvalue weighted by molar-refractivity contribution is 0.102. The standard InChI is InChI=1S/C15H14BrNO2/c1-10-3-5-11(6-4-10)17-15(18)13-9-12(19-2)7-8-14(13)16/h3-9H,1-2H3,(H,17,18). The largest absolute Gasteiger partial charge is 0.497 e. The number of carbonyl (C=O) groups is 1. The van der Waals surface area contributed by atoms with Crippen molar-refractivity contribution in [3.05, 3.63) is 58.1 Å². The number of nitrogens with one attached hydrogen (secondary N) is 1. The number of aryl methyl sites for hydroxylation is 1. The number of ether oxygens (including phenoxy) is 1. The van der Waals surface area contributed by atoms with Crippen molar-refractivity contribution in [3.63, 3.8) is 0 Å². The summed E-state index contributed by atoms with van der Waals surface area (Å²) in [5, 5.41) is 2.85. The molecule has 4 heteroatoms. The average molecular weight is 320 g/mol. The van der Waals surface area contributed by atoms with E-state index >= 15 is 0 Å². The third-order valence-electron chi connectivity index (χ3n) is 2.73. The Balaban J connectivity index is 2.22. The molecule has 2 rings (SSSR count). The Hall–Kier alpha value is -1.81. The Morgan fingerprint density at radius 2 is 1.84 bits per heavy atom. The first kappa shape index (κ1) is 13.6. The van der Waals surface area contributed by atoms with E-state index < -0.39 is 0 Å². The summed E-state index contributed by atoms with van der Waals surface area (Å²) in [5.41, 5.74) is 2.46. The zero-order chi connectivity index (χ0) is 13.8. The molecule has 3 nitrogen and oxygen atoms in total. The zero-order valence-electron chi connectivity index (χ0n) is 10.7. The molecule has 0 aliphatic carbocycles. The van der Waals surface area contributed by atoms with Gasteiger partial charge >= 0.3 is 0 Å². The Kier molecular flexibility index (Phi) is 4.22. The van der Waals surface area contributed by atoms with Crippen LogP contribution >= 0.6 is 15.9 Å². The van der Waals surface area contributed by atoms with Crippen molar-refractivity contribution in [2.24, 2.45) is 0 Å². The summed E-state index contributed by atoms with van der Waals surface area (Å²) in [5.74, 6) is 0.479. The molecule has 1 amide bonds. The van der Waals surface area contributed by atoms with E-state index in [-0.39, 0.29) is 5.91 Å². The quantitative estimate of drug-likeness (QED) is 0.928. The fourth-order valence-corrected chi connectivity index (χ4v) is 2.07. The second kappa shape index (κ2) is 5.89. The molecule has 0 unspecified atom stereocenters. The molecule has 1 N–H and O–H groups in total. The molecule has 0 spiro atoms. The van der Waals surface area contributed by atoms with Crippen LogP contribution in [0, 0.1) is 6.92 Å². The fraction of sp³-hybridized carbons (Fsp3) is 0.133. The molecule has 0 fully saturated rings. The van der Waals surface area contributed by atoms with Crippen molar-refractivity contribution in [2.75, 3.05) is 12.4 Å². The number of carbonyl (C=O) groups excluding carboxylic acids is 1. The number of rotatable bonds is 3. The minimum Gasteiger partial charge on any atom is -0.497 e. The van der Waals surface area contributed by atoms with E-state index in [9.17, 15) is 4.79 Å². The van der Waals surface area contributed by atoms with E-state index in [4.69, 9.17) is 4.74 Å². The van der Waals surface area contributed by atoms with Crippen LogP contribution in [-0.2, 0) is 0 Å². The molecular formula is C15H14BrNO2. The van der Waals surface area contributed by atoms with Gasteiger partial charge in [-0.1, -0.05) is 17.7 Å². The van der Waals surface area contributed by atoms with Crippen LogP contribution in [0.2, 0.25) is 0 Å². The lowest BCUT2D eigenvalue weighted by Crippen LogP contribution is -2.12. The molecule has 2 aromatic carbocycles. The van der Waals surface area contributed by atoms with Gasteiger partial charge in [0.2, 0.25) is 0 Å². The lowest BCUT2D eigenvalue weighted by atomic mass is 10.2. The van der Waals surface area contributed by atoms with Gasteiger partial charge in [0.05, 0.1) is 12.7 Å². The van der Waals surface area contributed by atoms with Crippen molar-refractivity contribution >= 4 is 27.5 Å². The predicted molar refractivity (Wildman–Crippen MR) is 79.8 cm³/mol. The van der Waals surface area contributed by atoms with Crippen LogP contribution in [0.5, 0.6) is 5.75 Å². The molecule has 0 atom stereocenters. The molecule has 0 saturated carbocycles. The molecule has 2 aromatic rings. The van der Waals surface area contributed by atoms with Gasteiger partial charge in [0, 0.05) is 10.2 Å². The summed E-state index contributed by atoms with van der Waals surface area (Å²) in [6.07, 6.45) is 0. The molecule has 0 radical (unpaired) electrons. The summed E-state index contributed by atoms with van der Waals surface area (Å²) in [7, 11) is 1.57. The van der Waals surface area contributed by atoms with Crippen molar-refractivity contribution in [1.29, 1.82) is 0 Å². The Morgan fingerprint density at radius 3 is 2.47 bits per heavy atom. The van der Waals surface area contributed by atoms with Gasteiger partial charge in [-0.25, -0.2) is 0 Å². The smallest absolute Gasteiger partial charge is 0.256 e. The van der Waals surface area contributed by atoms with Gasteiger partial charge in [0.15, 0.2) is 0 Å². The molecular weight excluding hydrogens is 306 g/mol. The second-order valence-electron chi connectivity index (χ2n) is 4.17. The maximum absolute atomic E-state index is 12.2. The Labute approximate surface area is 120 Å². The predicted octanol–water partition coefficient (Wildman–Crippen LogP) is 4.02. The lowest BCUT2D eigenvalue weighted by Gasteiger charge is -2.09. The summed E-state index contributed by atoms with van der Waals surface area (Å²) in [6, 6.07) is 13.0. The van der Waals surface area contributed by atoms with E-state index in [0.29, 0.717) is 11.3 Å². The second-order valence-corrected chi connectivity index (χ2v) is 5.02. The molecule has 0 heterocycles. The third kappa shape index (κ3) is 3.35. The summed E-state index contributed by atoms with van der Waals surface area (Å²) in [6.45, 7) is 2.00.